The van der Waals surface area contributed by atoms with E-state index in [1.807, 2.05) is 0 Å². The van der Waals surface area contributed by atoms with Crippen LogP contribution in [0.3, 0.4) is 0 Å². The van der Waals surface area contributed by atoms with Gasteiger partial charge in [0.15, 0.2) is 0 Å². The first-order chi connectivity index (χ1) is 10.1. The van der Waals surface area contributed by atoms with E-state index < -0.39 is 0 Å². The van der Waals surface area contributed by atoms with Gasteiger partial charge in [-0.05, 0) is 54.6 Å². The zero-order chi connectivity index (χ0) is 15.0. The smallest absolute Gasteiger partial charge is 0.217 e. The predicted molar refractivity (Wildman–Crippen MR) is 91.1 cm³/mol. The van der Waals surface area contributed by atoms with Crippen LogP contribution in [0, 0.1) is 19.8 Å². The second-order valence-corrected chi connectivity index (χ2v) is 7.92. The van der Waals surface area contributed by atoms with Gasteiger partial charge in [0.25, 0.3) is 0 Å². The van der Waals surface area contributed by atoms with Crippen LogP contribution in [0.25, 0.3) is 5.30 Å². The lowest BCUT2D eigenvalue weighted by Crippen LogP contribution is -2.13. The van der Waals surface area contributed by atoms with Crippen molar-refractivity contribution in [2.75, 3.05) is 6.61 Å². The van der Waals surface area contributed by atoms with Crippen LogP contribution in [0.2, 0.25) is 0 Å². The maximum absolute atomic E-state index is 5.89. The maximum atomic E-state index is 5.89. The second kappa shape index (κ2) is 5.69. The van der Waals surface area contributed by atoms with E-state index in [0.717, 1.165) is 5.90 Å². The molecule has 1 aromatic heterocycles. The highest BCUT2D eigenvalue weighted by atomic mass is 31.1. The molecule has 0 spiro atoms. The van der Waals surface area contributed by atoms with Crippen LogP contribution in [0.1, 0.15) is 30.5 Å². The summed E-state index contributed by atoms with van der Waals surface area (Å²) in [7, 11) is -0.370. The van der Waals surface area contributed by atoms with Crippen LogP contribution in [0.15, 0.2) is 40.9 Å². The topological polar surface area (TPSA) is 21.6 Å². The van der Waals surface area contributed by atoms with Crippen molar-refractivity contribution in [3.63, 3.8) is 0 Å². The van der Waals surface area contributed by atoms with Gasteiger partial charge in [0, 0.05) is 10.9 Å². The minimum Gasteiger partial charge on any atom is -0.475 e. The second-order valence-electron chi connectivity index (χ2n) is 6.11. The molecule has 0 unspecified atom stereocenters. The number of nitrogens with zero attached hydrogens (tertiary/aromatic N) is 1. The Morgan fingerprint density at radius 1 is 1.14 bits per heavy atom. The van der Waals surface area contributed by atoms with E-state index in [1.165, 1.54) is 22.0 Å². The fourth-order valence-corrected chi connectivity index (χ4v) is 4.86. The van der Waals surface area contributed by atoms with E-state index in [4.69, 9.17) is 9.73 Å². The van der Waals surface area contributed by atoms with E-state index in [2.05, 4.69) is 63.6 Å². The lowest BCUT2D eigenvalue weighted by molar-refractivity contribution is 0.292. The molecule has 21 heavy (non-hydrogen) atoms. The van der Waals surface area contributed by atoms with Crippen molar-refractivity contribution >= 4 is 13.4 Å². The third kappa shape index (κ3) is 2.78. The van der Waals surface area contributed by atoms with E-state index in [0.29, 0.717) is 18.6 Å². The number of benzene rings is 1. The molecule has 1 atom stereocenters. The molecule has 0 saturated carbocycles. The van der Waals surface area contributed by atoms with Crippen LogP contribution < -0.4 is 0 Å². The summed E-state index contributed by atoms with van der Waals surface area (Å²) in [6.07, 6.45) is 0. The molecule has 0 saturated heterocycles. The van der Waals surface area contributed by atoms with Crippen LogP contribution in [-0.4, -0.2) is 18.5 Å². The van der Waals surface area contributed by atoms with Gasteiger partial charge in [-0.25, -0.2) is 4.99 Å². The summed E-state index contributed by atoms with van der Waals surface area (Å²) in [6.45, 7) is 9.49. The molecule has 2 aromatic rings. The van der Waals surface area contributed by atoms with Gasteiger partial charge in [0.05, 0.1) is 6.04 Å². The lowest BCUT2D eigenvalue weighted by Gasteiger charge is -2.08. The van der Waals surface area contributed by atoms with Crippen molar-refractivity contribution in [2.45, 2.75) is 33.7 Å². The molecule has 1 aromatic carbocycles. The van der Waals surface area contributed by atoms with Gasteiger partial charge in [0.2, 0.25) is 5.90 Å². The Hall–Kier alpha value is -1.53. The van der Waals surface area contributed by atoms with Gasteiger partial charge in [-0.3, -0.25) is 0 Å². The summed E-state index contributed by atoms with van der Waals surface area (Å²) in [6, 6.07) is 8.84. The molecular formula is C18H22NOP. The Bertz CT molecular complexity index is 665. The molecule has 0 bridgehead atoms. The van der Waals surface area contributed by atoms with Crippen LogP contribution in [0.4, 0.5) is 0 Å². The Morgan fingerprint density at radius 3 is 2.43 bits per heavy atom. The molecule has 2 nitrogen and oxygen atoms in total. The van der Waals surface area contributed by atoms with Crippen molar-refractivity contribution in [3.8, 4) is 5.30 Å². The van der Waals surface area contributed by atoms with E-state index in [-0.39, 0.29) is 7.53 Å². The van der Waals surface area contributed by atoms with Crippen LogP contribution in [-0.2, 0) is 4.74 Å². The normalized spacial score (nSPS) is 18.0. The van der Waals surface area contributed by atoms with E-state index >= 15 is 0 Å². The number of ether oxygens (including phenoxy) is 1. The number of hydrogen-bond acceptors (Lipinski definition) is 2. The standard InChI is InChI=1S/C18H22NOP/c1-12(2)16-9-20-18(19-16)15-7-5-6-8-17(15)21-10-13(3)14(4)11-21/h5-8,10-12,16H,9H2,1-4H3/t16-/m1/s1. The zero-order valence-corrected chi connectivity index (χ0v) is 14.0. The third-order valence-electron chi connectivity index (χ3n) is 4.14. The van der Waals surface area contributed by atoms with Gasteiger partial charge in [0.1, 0.15) is 6.61 Å². The molecule has 0 amide bonds. The fourth-order valence-electron chi connectivity index (χ4n) is 2.56. The average molecular weight is 299 g/mol. The minimum atomic E-state index is -0.370. The average Bonchev–Trinajstić information content (AvgIpc) is 3.07. The van der Waals surface area contributed by atoms with Crippen molar-refractivity contribution in [3.05, 3.63) is 52.6 Å². The molecule has 3 heteroatoms. The molecule has 110 valence electrons. The van der Waals surface area contributed by atoms with E-state index in [1.54, 1.807) is 0 Å². The van der Waals surface area contributed by atoms with Gasteiger partial charge in [-0.2, -0.15) is 0 Å². The molecule has 0 fully saturated rings. The minimum absolute atomic E-state index is 0.291. The summed E-state index contributed by atoms with van der Waals surface area (Å²) in [5, 5.41) is 1.35. The van der Waals surface area contributed by atoms with Crippen LogP contribution in [0.5, 0.6) is 0 Å². The predicted octanol–water partition coefficient (Wildman–Crippen LogP) is 5.08. The van der Waals surface area contributed by atoms with Crippen molar-refractivity contribution in [1.82, 2.24) is 0 Å². The number of aryl methyl sites for hydroxylation is 2. The molecule has 0 N–H and O–H groups in total. The van der Waals surface area contributed by atoms with Crippen molar-refractivity contribution < 1.29 is 4.74 Å². The number of aliphatic imine (C=N–C) groups is 1. The molecule has 1 aliphatic heterocycles. The number of hydrogen-bond donors (Lipinski definition) is 0. The van der Waals surface area contributed by atoms with Gasteiger partial charge in [-0.15, -0.1) is 0 Å². The summed E-state index contributed by atoms with van der Waals surface area (Å²) < 4.78 is 5.89. The SMILES string of the molecule is Cc1cp(-c2ccccc2C2=N[C@@H](C(C)C)CO2)cc1C. The Morgan fingerprint density at radius 2 is 1.81 bits per heavy atom. The molecule has 0 radical (unpaired) electrons. The van der Waals surface area contributed by atoms with Crippen molar-refractivity contribution in [2.24, 2.45) is 10.9 Å². The molecular weight excluding hydrogens is 277 g/mol. The lowest BCUT2D eigenvalue weighted by atomic mass is 10.1. The van der Waals surface area contributed by atoms with Gasteiger partial charge < -0.3 is 4.74 Å². The van der Waals surface area contributed by atoms with Crippen molar-refractivity contribution in [1.29, 1.82) is 0 Å². The summed E-state index contributed by atoms with van der Waals surface area (Å²) in [5.41, 5.74) is 3.96. The van der Waals surface area contributed by atoms with Gasteiger partial charge >= 0.3 is 0 Å². The number of rotatable bonds is 3. The van der Waals surface area contributed by atoms with E-state index in [9.17, 15) is 0 Å². The Balaban J connectivity index is 2.03. The maximum Gasteiger partial charge on any atom is 0.217 e. The summed E-state index contributed by atoms with van der Waals surface area (Å²) in [4.78, 5) is 4.79. The first-order valence-corrected chi connectivity index (χ1v) is 9.00. The molecule has 2 heterocycles. The molecule has 1 aliphatic rings. The monoisotopic (exact) mass is 299 g/mol. The highest BCUT2D eigenvalue weighted by molar-refractivity contribution is 7.56. The highest BCUT2D eigenvalue weighted by Gasteiger charge is 2.24. The quantitative estimate of drug-likeness (QED) is 0.774. The van der Waals surface area contributed by atoms with Crippen LogP contribution >= 0.6 is 7.53 Å². The first kappa shape index (κ1) is 14.4. The Kier molecular flexibility index (Phi) is 3.91. The molecule has 3 rings (SSSR count). The summed E-state index contributed by atoms with van der Waals surface area (Å²) >= 11 is 0. The third-order valence-corrected chi connectivity index (χ3v) is 6.42. The zero-order valence-electron chi connectivity index (χ0n) is 13.1. The highest BCUT2D eigenvalue weighted by Crippen LogP contribution is 2.44. The van der Waals surface area contributed by atoms with Gasteiger partial charge in [-0.1, -0.05) is 33.5 Å². The summed E-state index contributed by atoms with van der Waals surface area (Å²) in [5.74, 6) is 6.13. The Labute approximate surface area is 127 Å². The first-order valence-electron chi connectivity index (χ1n) is 7.52. The largest absolute Gasteiger partial charge is 0.475 e. The molecule has 0 aliphatic carbocycles. The fraction of sp³-hybridized carbons (Fsp3) is 0.389.